The first kappa shape index (κ1) is 76.4. The number of carbonyl (C=O) groups excluding carboxylic acids is 10. The van der Waals surface area contributed by atoms with Gasteiger partial charge in [0.25, 0.3) is 5.91 Å². The maximum Gasteiger partial charge on any atom is 0.335 e. The largest absolute Gasteiger partial charge is 0.481 e. The summed E-state index contributed by atoms with van der Waals surface area (Å²) in [4.78, 5) is 163. The summed E-state index contributed by atoms with van der Waals surface area (Å²) in [7, 11) is 0. The minimum atomic E-state index is -2.83. The fourth-order valence-corrected chi connectivity index (χ4v) is 8.76. The van der Waals surface area contributed by atoms with Crippen molar-refractivity contribution in [1.82, 2.24) is 47.9 Å². The molecule has 0 aromatic heterocycles. The van der Waals surface area contributed by atoms with Crippen LogP contribution in [-0.2, 0) is 62.3 Å². The summed E-state index contributed by atoms with van der Waals surface area (Å²) in [5.41, 5.74) is 16.4. The summed E-state index contributed by atoms with van der Waals surface area (Å²) in [5, 5.41) is 82.3. The van der Waals surface area contributed by atoms with Crippen LogP contribution in [0.4, 0.5) is 0 Å². The summed E-state index contributed by atoms with van der Waals surface area (Å²) in [6, 6.07) is -15.8. The molecule has 32 heteroatoms. The molecule has 0 aliphatic carbocycles. The average Bonchev–Trinajstić information content (AvgIpc) is 3.65. The quantitative estimate of drug-likeness (QED) is 0.0140. The number of cyclic esters (lactones) is 1. The van der Waals surface area contributed by atoms with E-state index in [1.807, 2.05) is 10.6 Å². The molecule has 1 rings (SSSR count). The molecule has 1 unspecified atom stereocenters. The van der Waals surface area contributed by atoms with E-state index in [1.54, 1.807) is 0 Å². The van der Waals surface area contributed by atoms with Crippen LogP contribution in [0.2, 0.25) is 0 Å². The van der Waals surface area contributed by atoms with Crippen molar-refractivity contribution in [3.63, 3.8) is 0 Å². The lowest BCUT2D eigenvalue weighted by atomic mass is 10.0. The minimum Gasteiger partial charge on any atom is -0.481 e. The molecular formula is C53H91ClN12O19. The number of hydrogen-bond acceptors (Lipinski definition) is 20. The van der Waals surface area contributed by atoms with E-state index in [0.29, 0.717) is 12.8 Å². The second-order valence-corrected chi connectivity index (χ2v) is 20.9. The molecule has 1 fully saturated rings. The van der Waals surface area contributed by atoms with E-state index in [9.17, 15) is 88.2 Å². The molecule has 0 aromatic rings. The SMILES string of the molecule is C/C=C1/NC(=O)[C@H]([C@H](C)O)NC(=O)[C@H](CCN)NC(=O)[C@H](CCCCN)NC(=O)[C@H](CC(=O)O)NC(=O)[C@@H](CCN)NC(=O)[C@@H](NC(=O)C[C@@H](O)CCCCCCCCCCCCC)COC(=O)[C@H]([C@H](O)CCl)NC(=O)[C@H](C(O)C(=O)O)NC1=O. The number of aliphatic hydroxyl groups excluding tert-OH is 4. The summed E-state index contributed by atoms with van der Waals surface area (Å²) in [6.07, 6.45) is 2.18. The third-order valence-electron chi connectivity index (χ3n) is 13.5. The Hall–Kier alpha value is -6.61. The first-order valence-corrected chi connectivity index (χ1v) is 29.2. The third kappa shape index (κ3) is 29.4. The van der Waals surface area contributed by atoms with Crippen LogP contribution in [0, 0.1) is 0 Å². The minimum absolute atomic E-state index is 0.123. The molecule has 484 valence electrons. The van der Waals surface area contributed by atoms with Crippen molar-refractivity contribution in [2.24, 2.45) is 17.2 Å². The van der Waals surface area contributed by atoms with Gasteiger partial charge in [0.1, 0.15) is 54.6 Å². The molecule has 1 aliphatic rings. The van der Waals surface area contributed by atoms with Crippen LogP contribution >= 0.6 is 11.6 Å². The molecule has 0 saturated carbocycles. The molecule has 21 N–H and O–H groups in total. The Morgan fingerprint density at radius 3 is 1.60 bits per heavy atom. The Kier molecular flexibility index (Phi) is 38.0. The van der Waals surface area contributed by atoms with Gasteiger partial charge in [-0.05, 0) is 72.0 Å². The lowest BCUT2D eigenvalue weighted by molar-refractivity contribution is -0.155. The number of aliphatic carboxylic acids is 2. The van der Waals surface area contributed by atoms with Crippen molar-refractivity contribution >= 4 is 82.7 Å². The molecular weight excluding hydrogens is 1140 g/mol. The Balaban J connectivity index is 3.95. The lowest BCUT2D eigenvalue weighted by Crippen LogP contribution is -2.62. The molecule has 9 amide bonds. The molecule has 0 radical (unpaired) electrons. The fraction of sp³-hybridized carbons (Fsp3) is 0.736. The molecule has 85 heavy (non-hydrogen) atoms. The average molecular weight is 1240 g/mol. The van der Waals surface area contributed by atoms with Gasteiger partial charge in [0.2, 0.25) is 47.3 Å². The number of aliphatic hydroxyl groups is 4. The van der Waals surface area contributed by atoms with Gasteiger partial charge in [-0.15, -0.1) is 11.6 Å². The van der Waals surface area contributed by atoms with Crippen molar-refractivity contribution < 1.29 is 92.9 Å². The van der Waals surface area contributed by atoms with Crippen molar-refractivity contribution in [1.29, 1.82) is 0 Å². The van der Waals surface area contributed by atoms with E-state index < -0.39 is 181 Å². The number of unbranched alkanes of at least 4 members (excludes halogenated alkanes) is 11. The van der Waals surface area contributed by atoms with Crippen molar-refractivity contribution in [2.45, 2.75) is 216 Å². The molecule has 0 aromatic carbocycles. The predicted molar refractivity (Wildman–Crippen MR) is 305 cm³/mol. The van der Waals surface area contributed by atoms with Crippen LogP contribution in [0.15, 0.2) is 11.8 Å². The molecule has 1 heterocycles. The summed E-state index contributed by atoms with van der Waals surface area (Å²) >= 11 is 5.86. The topological polar surface area (TPSA) is 522 Å². The maximum atomic E-state index is 14.2. The Labute approximate surface area is 498 Å². The van der Waals surface area contributed by atoms with E-state index in [-0.39, 0.29) is 45.3 Å². The molecule has 1 saturated heterocycles. The van der Waals surface area contributed by atoms with E-state index in [4.69, 9.17) is 33.5 Å². The zero-order chi connectivity index (χ0) is 64.2. The van der Waals surface area contributed by atoms with Crippen LogP contribution in [0.25, 0.3) is 0 Å². The summed E-state index contributed by atoms with van der Waals surface area (Å²) in [6.45, 7) is 2.65. The van der Waals surface area contributed by atoms with Crippen LogP contribution in [-0.4, -0.2) is 207 Å². The third-order valence-corrected chi connectivity index (χ3v) is 13.8. The number of alkyl halides is 1. The van der Waals surface area contributed by atoms with Gasteiger partial charge in [0, 0.05) is 0 Å². The number of halogens is 1. The summed E-state index contributed by atoms with van der Waals surface area (Å²) < 4.78 is 5.28. The van der Waals surface area contributed by atoms with Gasteiger partial charge in [-0.3, -0.25) is 47.9 Å². The number of nitrogens with one attached hydrogen (secondary N) is 9. The number of ether oxygens (including phenoxy) is 1. The Morgan fingerprint density at radius 1 is 0.612 bits per heavy atom. The lowest BCUT2D eigenvalue weighted by Gasteiger charge is -2.28. The van der Waals surface area contributed by atoms with E-state index in [0.717, 1.165) is 57.9 Å². The van der Waals surface area contributed by atoms with Crippen LogP contribution in [0.5, 0.6) is 0 Å². The van der Waals surface area contributed by atoms with E-state index >= 15 is 0 Å². The van der Waals surface area contributed by atoms with Crippen LogP contribution in [0.3, 0.4) is 0 Å². The second kappa shape index (κ2) is 42.2. The van der Waals surface area contributed by atoms with Crippen LogP contribution in [0.1, 0.15) is 143 Å². The number of rotatable bonds is 30. The molecule has 0 bridgehead atoms. The number of carbonyl (C=O) groups is 12. The van der Waals surface area contributed by atoms with E-state index in [1.165, 1.54) is 26.2 Å². The number of allylic oxidation sites excluding steroid dienone is 1. The highest BCUT2D eigenvalue weighted by molar-refractivity contribution is 6.18. The van der Waals surface area contributed by atoms with Gasteiger partial charge in [0.05, 0.1) is 37.0 Å². The van der Waals surface area contributed by atoms with Gasteiger partial charge < -0.3 is 100 Å². The number of esters is 1. The first-order valence-electron chi connectivity index (χ1n) is 28.7. The maximum absolute atomic E-state index is 14.2. The highest BCUT2D eigenvalue weighted by atomic mass is 35.5. The number of carboxylic acids is 2. The zero-order valence-corrected chi connectivity index (χ0v) is 49.3. The number of amides is 9. The first-order chi connectivity index (χ1) is 40.3. The molecule has 31 nitrogen and oxygen atoms in total. The molecule has 12 atom stereocenters. The second-order valence-electron chi connectivity index (χ2n) is 20.6. The summed E-state index contributed by atoms with van der Waals surface area (Å²) in [5.74, 6) is -17.8. The van der Waals surface area contributed by atoms with Gasteiger partial charge in [-0.1, -0.05) is 83.6 Å². The van der Waals surface area contributed by atoms with Gasteiger partial charge in [-0.25, -0.2) is 9.59 Å². The monoisotopic (exact) mass is 1230 g/mol. The molecule has 1 aliphatic heterocycles. The standard InChI is InChI=1S/C53H91ClN12O19/c1-4-6-7-8-9-10-11-12-13-14-15-18-30(68)25-38(70)58-36-28-85-53(84)41(37(69)27-54)65-51(81)42(43(73)52(82)83)66-44(74)31(5-2)59-50(80)40(29(3)67)64-47(77)34(21-24-57)61-45(75)32(19-16-17-22-55)60-48(78)35(26-39(71)72)63-46(76)33(20-23-56)62-49(36)79/h5,29-30,32-37,40-43,67-69,73H,4,6-28,55-57H2,1-3H3,(H,58,70)(H,59,80)(H,60,78)(H,61,75)(H,62,79)(H,63,76)(H,64,77)(H,65,81)(H,66,74)(H,71,72)(H,82,83)/b31-5+/t29-,30-,32-,33+,34-,35-,36-,37+,40-,41-,42-,43?/m0/s1. The van der Waals surface area contributed by atoms with Crippen molar-refractivity contribution in [3.05, 3.63) is 11.8 Å². The predicted octanol–water partition coefficient (Wildman–Crippen LogP) is -4.38. The van der Waals surface area contributed by atoms with Crippen LogP contribution < -0.4 is 65.1 Å². The van der Waals surface area contributed by atoms with E-state index in [2.05, 4.69) is 44.1 Å². The van der Waals surface area contributed by atoms with Crippen molar-refractivity contribution in [2.75, 3.05) is 32.1 Å². The number of hydrogen-bond donors (Lipinski definition) is 18. The highest BCUT2D eigenvalue weighted by Gasteiger charge is 2.41. The Bertz CT molecular complexity index is 2230. The highest BCUT2D eigenvalue weighted by Crippen LogP contribution is 2.15. The molecule has 0 spiro atoms. The fourth-order valence-electron chi connectivity index (χ4n) is 8.58. The Morgan fingerprint density at radius 2 is 1.11 bits per heavy atom. The number of carboxylic acid groups (broad SMARTS) is 2. The smallest absolute Gasteiger partial charge is 0.335 e. The van der Waals surface area contributed by atoms with Gasteiger partial charge in [0.15, 0.2) is 12.1 Å². The zero-order valence-electron chi connectivity index (χ0n) is 48.6. The van der Waals surface area contributed by atoms with Crippen molar-refractivity contribution in [3.8, 4) is 0 Å². The normalized spacial score (nSPS) is 24.2. The van der Waals surface area contributed by atoms with Gasteiger partial charge in [-0.2, -0.15) is 0 Å². The van der Waals surface area contributed by atoms with Gasteiger partial charge >= 0.3 is 17.9 Å². The number of nitrogens with two attached hydrogens (primary N) is 3.